The molecule has 1 N–H and O–H groups in total. The summed E-state index contributed by atoms with van der Waals surface area (Å²) >= 11 is 5.83. The predicted octanol–water partition coefficient (Wildman–Crippen LogP) is 6.44. The molecule has 3 heterocycles. The fraction of sp³-hybridized carbons (Fsp3) is 0.214. The van der Waals surface area contributed by atoms with Crippen molar-refractivity contribution < 1.29 is 9.47 Å². The number of thiocarbonyl (C=S) groups is 1. The topological polar surface area (TPSA) is 51.6 Å². The third-order valence-electron chi connectivity index (χ3n) is 6.18. The molecule has 4 aromatic rings. The number of rotatable bonds is 7. The van der Waals surface area contributed by atoms with Crippen LogP contribution >= 0.6 is 12.2 Å². The van der Waals surface area contributed by atoms with Crippen molar-refractivity contribution in [3.05, 3.63) is 103 Å². The molecule has 0 aliphatic carbocycles. The van der Waals surface area contributed by atoms with Crippen LogP contribution in [0.25, 0.3) is 0 Å². The highest BCUT2D eigenvalue weighted by Crippen LogP contribution is 2.42. The number of methoxy groups -OCH3 is 1. The van der Waals surface area contributed by atoms with Crippen LogP contribution in [0.1, 0.15) is 43.2 Å². The molecule has 1 aliphatic heterocycles. The van der Waals surface area contributed by atoms with Crippen LogP contribution in [0.15, 0.2) is 91.4 Å². The minimum Gasteiger partial charge on any atom is -0.497 e. The first-order valence-corrected chi connectivity index (χ1v) is 12.0. The number of benzene rings is 2. The third kappa shape index (κ3) is 4.72. The lowest BCUT2D eigenvalue weighted by atomic mass is 9.98. The minimum atomic E-state index is -0.0677. The second-order valence-corrected chi connectivity index (χ2v) is 9.14. The Bertz CT molecular complexity index is 1290. The summed E-state index contributed by atoms with van der Waals surface area (Å²) in [5, 5.41) is 4.19. The molecular weight excluding hydrogens is 456 g/mol. The van der Waals surface area contributed by atoms with E-state index in [0.717, 1.165) is 28.6 Å². The monoisotopic (exact) mass is 484 g/mol. The van der Waals surface area contributed by atoms with Crippen LogP contribution < -0.4 is 19.7 Å². The smallest absolute Gasteiger partial charge is 0.174 e. The fourth-order valence-corrected chi connectivity index (χ4v) is 4.70. The average molecular weight is 485 g/mol. The van der Waals surface area contributed by atoms with E-state index in [1.54, 1.807) is 7.11 Å². The van der Waals surface area contributed by atoms with Gasteiger partial charge in [0.1, 0.15) is 17.2 Å². The molecule has 5 rings (SSSR count). The zero-order chi connectivity index (χ0) is 24.4. The number of hydrogen-bond donors (Lipinski definition) is 1. The molecular formula is C28H28N4O2S. The highest BCUT2D eigenvalue weighted by Gasteiger charge is 2.41. The van der Waals surface area contributed by atoms with Crippen molar-refractivity contribution in [2.24, 2.45) is 0 Å². The zero-order valence-electron chi connectivity index (χ0n) is 20.0. The Morgan fingerprint density at radius 1 is 0.914 bits per heavy atom. The van der Waals surface area contributed by atoms with Crippen molar-refractivity contribution in [3.8, 4) is 17.2 Å². The van der Waals surface area contributed by atoms with Gasteiger partial charge in [-0.25, -0.2) is 0 Å². The van der Waals surface area contributed by atoms with Crippen LogP contribution in [0, 0.1) is 0 Å². The second kappa shape index (κ2) is 9.80. The van der Waals surface area contributed by atoms with E-state index in [0.29, 0.717) is 11.2 Å². The van der Waals surface area contributed by atoms with Gasteiger partial charge in [0.15, 0.2) is 5.11 Å². The Balaban J connectivity index is 1.45. The van der Waals surface area contributed by atoms with Gasteiger partial charge in [0, 0.05) is 30.3 Å². The number of pyridine rings is 1. The molecule has 7 heteroatoms. The molecule has 0 bridgehead atoms. The summed E-state index contributed by atoms with van der Waals surface area (Å²) in [6, 6.07) is 24.0. The molecule has 2 atom stereocenters. The largest absolute Gasteiger partial charge is 0.497 e. The maximum atomic E-state index is 6.02. The lowest BCUT2D eigenvalue weighted by molar-refractivity contribution is 0.413. The van der Waals surface area contributed by atoms with E-state index in [1.807, 2.05) is 72.9 Å². The second-order valence-electron chi connectivity index (χ2n) is 8.75. The number of nitrogens with zero attached hydrogens (tertiary/aromatic N) is 3. The molecule has 35 heavy (non-hydrogen) atoms. The van der Waals surface area contributed by atoms with Crippen molar-refractivity contribution >= 4 is 23.0 Å². The highest BCUT2D eigenvalue weighted by molar-refractivity contribution is 7.80. The summed E-state index contributed by atoms with van der Waals surface area (Å²) < 4.78 is 13.5. The maximum absolute atomic E-state index is 6.02. The van der Waals surface area contributed by atoms with Crippen molar-refractivity contribution in [2.45, 2.75) is 32.0 Å². The van der Waals surface area contributed by atoms with Crippen molar-refractivity contribution in [1.82, 2.24) is 14.9 Å². The molecule has 0 saturated carbocycles. The molecule has 0 spiro atoms. The number of ether oxygens (including phenoxy) is 2. The average Bonchev–Trinajstić information content (AvgIpc) is 3.50. The minimum absolute atomic E-state index is 0.0363. The fourth-order valence-electron chi connectivity index (χ4n) is 4.35. The number of nitrogens with one attached hydrogen (secondary N) is 1. The van der Waals surface area contributed by atoms with Gasteiger partial charge in [-0.1, -0.05) is 6.07 Å². The first-order chi connectivity index (χ1) is 17.0. The first-order valence-electron chi connectivity index (χ1n) is 11.6. The van der Waals surface area contributed by atoms with E-state index in [1.165, 1.54) is 5.56 Å². The van der Waals surface area contributed by atoms with Crippen LogP contribution in [0.5, 0.6) is 17.2 Å². The van der Waals surface area contributed by atoms with Gasteiger partial charge in [0.05, 0.1) is 24.9 Å². The van der Waals surface area contributed by atoms with Gasteiger partial charge in [-0.05, 0) is 98.4 Å². The van der Waals surface area contributed by atoms with E-state index in [-0.39, 0.29) is 12.1 Å². The highest BCUT2D eigenvalue weighted by atomic mass is 32.1. The van der Waals surface area contributed by atoms with Crippen molar-refractivity contribution in [2.75, 3.05) is 12.0 Å². The van der Waals surface area contributed by atoms with E-state index >= 15 is 0 Å². The maximum Gasteiger partial charge on any atom is 0.174 e. The summed E-state index contributed by atoms with van der Waals surface area (Å²) in [4.78, 5) is 6.80. The third-order valence-corrected chi connectivity index (χ3v) is 6.50. The van der Waals surface area contributed by atoms with Crippen LogP contribution in [0.2, 0.25) is 0 Å². The molecule has 1 fully saturated rings. The number of aromatic nitrogens is 2. The molecule has 1 aliphatic rings. The lowest BCUT2D eigenvalue weighted by Gasteiger charge is -2.27. The Labute approximate surface area is 211 Å². The standard InChI is InChI=1S/C28H28N4O2S/c1-19(2)31-17-15-20(18-31)27-26(25-6-4-5-16-29-25)30-28(35)32(27)21-7-9-23(10-8-21)34-24-13-11-22(33-3)12-14-24/h4-19,26-27H,1-3H3,(H,30,35). The molecule has 0 radical (unpaired) electrons. The first kappa shape index (κ1) is 22.9. The summed E-state index contributed by atoms with van der Waals surface area (Å²) in [6.45, 7) is 4.35. The Morgan fingerprint density at radius 2 is 1.60 bits per heavy atom. The van der Waals surface area contributed by atoms with Crippen molar-refractivity contribution in [3.63, 3.8) is 0 Å². The van der Waals surface area contributed by atoms with Gasteiger partial charge in [-0.3, -0.25) is 4.98 Å². The lowest BCUT2D eigenvalue weighted by Crippen LogP contribution is -2.29. The summed E-state index contributed by atoms with van der Waals surface area (Å²) in [6.07, 6.45) is 6.15. The Hall–Kier alpha value is -3.84. The summed E-state index contributed by atoms with van der Waals surface area (Å²) in [5.41, 5.74) is 3.13. The van der Waals surface area contributed by atoms with Crippen LogP contribution in [-0.2, 0) is 0 Å². The van der Waals surface area contributed by atoms with E-state index in [9.17, 15) is 0 Å². The molecule has 2 unspecified atom stereocenters. The van der Waals surface area contributed by atoms with Gasteiger partial charge in [0.2, 0.25) is 0 Å². The van der Waals surface area contributed by atoms with Gasteiger partial charge in [0.25, 0.3) is 0 Å². The predicted molar refractivity (Wildman–Crippen MR) is 142 cm³/mol. The zero-order valence-corrected chi connectivity index (χ0v) is 20.8. The van der Waals surface area contributed by atoms with Gasteiger partial charge < -0.3 is 24.3 Å². The molecule has 0 amide bonds. The molecule has 2 aromatic carbocycles. The molecule has 6 nitrogen and oxygen atoms in total. The molecule has 2 aromatic heterocycles. The SMILES string of the molecule is COc1ccc(Oc2ccc(N3C(=S)NC(c4ccccn4)C3c3ccn(C(C)C)c3)cc2)cc1. The van der Waals surface area contributed by atoms with E-state index in [4.69, 9.17) is 21.7 Å². The van der Waals surface area contributed by atoms with E-state index in [2.05, 4.69) is 52.1 Å². The normalized spacial score (nSPS) is 17.5. The Kier molecular flexibility index (Phi) is 6.42. The quantitative estimate of drug-likeness (QED) is 0.305. The Morgan fingerprint density at radius 3 is 2.20 bits per heavy atom. The molecule has 1 saturated heterocycles. The number of hydrogen-bond acceptors (Lipinski definition) is 4. The van der Waals surface area contributed by atoms with Crippen LogP contribution in [0.4, 0.5) is 5.69 Å². The van der Waals surface area contributed by atoms with Gasteiger partial charge in [-0.2, -0.15) is 0 Å². The van der Waals surface area contributed by atoms with Crippen LogP contribution in [0.3, 0.4) is 0 Å². The van der Waals surface area contributed by atoms with E-state index < -0.39 is 0 Å². The molecule has 178 valence electrons. The van der Waals surface area contributed by atoms with Gasteiger partial charge in [-0.15, -0.1) is 0 Å². The van der Waals surface area contributed by atoms with Crippen molar-refractivity contribution in [1.29, 1.82) is 0 Å². The summed E-state index contributed by atoms with van der Waals surface area (Å²) in [5.74, 6) is 2.29. The summed E-state index contributed by atoms with van der Waals surface area (Å²) in [7, 11) is 1.65. The van der Waals surface area contributed by atoms with Gasteiger partial charge >= 0.3 is 0 Å². The number of anilines is 1. The van der Waals surface area contributed by atoms with Crippen LogP contribution in [-0.4, -0.2) is 21.8 Å².